The summed E-state index contributed by atoms with van der Waals surface area (Å²) < 4.78 is 31.0. The summed E-state index contributed by atoms with van der Waals surface area (Å²) in [6.45, 7) is 2.20. The van der Waals surface area contributed by atoms with Gasteiger partial charge in [-0.25, -0.2) is 8.42 Å². The van der Waals surface area contributed by atoms with Crippen molar-refractivity contribution in [1.29, 1.82) is 0 Å². The quantitative estimate of drug-likeness (QED) is 0.324. The van der Waals surface area contributed by atoms with Crippen LogP contribution in [0.3, 0.4) is 0 Å². The van der Waals surface area contributed by atoms with E-state index in [1.807, 2.05) is 0 Å². The molecule has 0 aliphatic heterocycles. The largest absolute Gasteiger partial charge is 0.748 e. The van der Waals surface area contributed by atoms with Crippen molar-refractivity contribution < 1.29 is 13.0 Å². The minimum absolute atomic E-state index is 0.208. The maximum absolute atomic E-state index is 10.3. The van der Waals surface area contributed by atoms with Gasteiger partial charge >= 0.3 is 0 Å². The first-order chi connectivity index (χ1) is 8.06. The van der Waals surface area contributed by atoms with Crippen LogP contribution in [-0.2, 0) is 10.1 Å². The smallest absolute Gasteiger partial charge is 0.0945 e. The van der Waals surface area contributed by atoms with Crippen LogP contribution < -0.4 is 0 Å². The summed E-state index contributed by atoms with van der Waals surface area (Å²) in [6, 6.07) is 0. The molecular formula is C13H25O3S-. The monoisotopic (exact) mass is 261 g/mol. The summed E-state index contributed by atoms with van der Waals surface area (Å²) >= 11 is 0. The van der Waals surface area contributed by atoms with Crippen LogP contribution in [0.1, 0.15) is 64.7 Å². The van der Waals surface area contributed by atoms with Crippen molar-refractivity contribution in [2.45, 2.75) is 64.7 Å². The molecule has 0 radical (unpaired) electrons. The highest BCUT2D eigenvalue weighted by Gasteiger charge is 1.94. The van der Waals surface area contributed by atoms with E-state index < -0.39 is 10.1 Å². The molecule has 102 valence electrons. The van der Waals surface area contributed by atoms with E-state index in [2.05, 4.69) is 19.1 Å². The molecule has 0 aromatic rings. The van der Waals surface area contributed by atoms with Gasteiger partial charge in [0.15, 0.2) is 0 Å². The lowest BCUT2D eigenvalue weighted by molar-refractivity contribution is 0.459. The van der Waals surface area contributed by atoms with E-state index in [1.54, 1.807) is 0 Å². The third-order valence-corrected chi connectivity index (χ3v) is 3.44. The van der Waals surface area contributed by atoms with E-state index in [0.717, 1.165) is 25.7 Å². The van der Waals surface area contributed by atoms with Crippen LogP contribution in [0.2, 0.25) is 0 Å². The fraction of sp³-hybridized carbons (Fsp3) is 0.846. The molecule has 0 saturated carbocycles. The minimum atomic E-state index is -4.00. The minimum Gasteiger partial charge on any atom is -0.748 e. The summed E-state index contributed by atoms with van der Waals surface area (Å²) in [6.07, 6.45) is 13.9. The third-order valence-electron chi connectivity index (χ3n) is 2.66. The molecule has 0 aliphatic rings. The van der Waals surface area contributed by atoms with E-state index in [-0.39, 0.29) is 5.75 Å². The van der Waals surface area contributed by atoms with Crippen LogP contribution in [0.25, 0.3) is 0 Å². The van der Waals surface area contributed by atoms with Crippen molar-refractivity contribution in [3.8, 4) is 0 Å². The Morgan fingerprint density at radius 1 is 0.882 bits per heavy atom. The summed E-state index contributed by atoms with van der Waals surface area (Å²) in [5.41, 5.74) is 0. The topological polar surface area (TPSA) is 57.2 Å². The number of allylic oxidation sites excluding steroid dienone is 2. The second-order valence-corrected chi connectivity index (χ2v) is 5.96. The highest BCUT2D eigenvalue weighted by Crippen LogP contribution is 2.06. The van der Waals surface area contributed by atoms with E-state index in [4.69, 9.17) is 0 Å². The molecule has 0 heterocycles. The van der Waals surface area contributed by atoms with Crippen molar-refractivity contribution >= 4 is 10.1 Å². The lowest BCUT2D eigenvalue weighted by atomic mass is 10.1. The van der Waals surface area contributed by atoms with Crippen molar-refractivity contribution in [3.05, 3.63) is 12.2 Å². The summed E-state index contributed by atoms with van der Waals surface area (Å²) in [5, 5.41) is 0. The lowest BCUT2D eigenvalue weighted by Crippen LogP contribution is -2.03. The molecule has 4 heteroatoms. The average Bonchev–Trinajstić information content (AvgIpc) is 2.24. The van der Waals surface area contributed by atoms with Gasteiger partial charge in [0.25, 0.3) is 0 Å². The number of unbranched alkanes of at least 4 members (excludes halogenated alkanes) is 7. The van der Waals surface area contributed by atoms with E-state index in [0.29, 0.717) is 6.42 Å². The zero-order valence-corrected chi connectivity index (χ0v) is 11.7. The van der Waals surface area contributed by atoms with Gasteiger partial charge in [0.1, 0.15) is 0 Å². The fourth-order valence-corrected chi connectivity index (χ4v) is 2.20. The van der Waals surface area contributed by atoms with Crippen LogP contribution in [0.15, 0.2) is 12.2 Å². The Kier molecular flexibility index (Phi) is 10.6. The zero-order valence-electron chi connectivity index (χ0n) is 10.9. The maximum Gasteiger partial charge on any atom is 0.0945 e. The molecule has 0 atom stereocenters. The summed E-state index contributed by atoms with van der Waals surface area (Å²) in [7, 11) is -4.00. The lowest BCUT2D eigenvalue weighted by Gasteiger charge is -2.05. The van der Waals surface area contributed by atoms with Crippen molar-refractivity contribution in [3.63, 3.8) is 0 Å². The zero-order chi connectivity index (χ0) is 13.0. The molecule has 0 saturated heterocycles. The van der Waals surface area contributed by atoms with Crippen LogP contribution in [0.5, 0.6) is 0 Å². The Morgan fingerprint density at radius 3 is 1.94 bits per heavy atom. The van der Waals surface area contributed by atoms with E-state index in [1.165, 1.54) is 25.7 Å². The van der Waals surface area contributed by atoms with Crippen LogP contribution >= 0.6 is 0 Å². The molecule has 0 aliphatic carbocycles. The normalized spacial score (nSPS) is 12.4. The summed E-state index contributed by atoms with van der Waals surface area (Å²) in [4.78, 5) is 0. The van der Waals surface area contributed by atoms with Crippen LogP contribution in [0.4, 0.5) is 0 Å². The van der Waals surface area contributed by atoms with E-state index in [9.17, 15) is 13.0 Å². The summed E-state index contributed by atoms with van der Waals surface area (Å²) in [5.74, 6) is -0.208. The standard InChI is InChI=1S/C13H26O3S/c1-2-3-4-5-6-7-8-9-10-11-12-13-17(14,15)16/h6-7H,2-5,8-13H2,1H3,(H,14,15,16)/p-1/b7-6+. The first-order valence-electron chi connectivity index (χ1n) is 6.65. The highest BCUT2D eigenvalue weighted by molar-refractivity contribution is 7.85. The predicted octanol–water partition coefficient (Wildman–Crippen LogP) is 3.62. The Morgan fingerprint density at radius 2 is 1.41 bits per heavy atom. The number of rotatable bonds is 11. The van der Waals surface area contributed by atoms with E-state index >= 15 is 0 Å². The number of hydrogen-bond acceptors (Lipinski definition) is 3. The Labute approximate surface area is 106 Å². The Hall–Kier alpha value is -0.350. The molecule has 0 unspecified atom stereocenters. The average molecular weight is 261 g/mol. The molecule has 17 heavy (non-hydrogen) atoms. The molecule has 0 aromatic heterocycles. The van der Waals surface area contributed by atoms with Gasteiger partial charge in [-0.2, -0.15) is 0 Å². The van der Waals surface area contributed by atoms with Crippen LogP contribution in [0, 0.1) is 0 Å². The van der Waals surface area contributed by atoms with Gasteiger partial charge in [0.05, 0.1) is 10.1 Å². The van der Waals surface area contributed by atoms with Gasteiger partial charge in [-0.15, -0.1) is 0 Å². The van der Waals surface area contributed by atoms with Gasteiger partial charge in [0, 0.05) is 5.75 Å². The van der Waals surface area contributed by atoms with Crippen molar-refractivity contribution in [2.75, 3.05) is 5.75 Å². The maximum atomic E-state index is 10.3. The second kappa shape index (κ2) is 10.8. The van der Waals surface area contributed by atoms with Gasteiger partial charge < -0.3 is 4.55 Å². The third kappa shape index (κ3) is 15.6. The first-order valence-corrected chi connectivity index (χ1v) is 8.22. The van der Waals surface area contributed by atoms with Crippen LogP contribution in [-0.4, -0.2) is 18.7 Å². The molecule has 0 spiro atoms. The van der Waals surface area contributed by atoms with Gasteiger partial charge in [-0.3, -0.25) is 0 Å². The second-order valence-electron chi connectivity index (χ2n) is 4.43. The van der Waals surface area contributed by atoms with Crippen molar-refractivity contribution in [1.82, 2.24) is 0 Å². The fourth-order valence-electron chi connectivity index (χ4n) is 1.64. The molecule has 3 nitrogen and oxygen atoms in total. The first kappa shape index (κ1) is 16.6. The van der Waals surface area contributed by atoms with Gasteiger partial charge in [0.2, 0.25) is 0 Å². The molecule has 0 N–H and O–H groups in total. The molecule has 0 rings (SSSR count). The molecule has 0 aromatic carbocycles. The molecule has 0 amide bonds. The Balaban J connectivity index is 3.18. The molecule has 0 bridgehead atoms. The number of hydrogen-bond donors (Lipinski definition) is 0. The molecule has 0 fully saturated rings. The molecular weight excluding hydrogens is 236 g/mol. The SMILES string of the molecule is CCCCC/C=C/CCCCCCS(=O)(=O)[O-]. The van der Waals surface area contributed by atoms with Gasteiger partial charge in [-0.1, -0.05) is 44.8 Å². The highest BCUT2D eigenvalue weighted by atomic mass is 32.2. The van der Waals surface area contributed by atoms with Gasteiger partial charge in [-0.05, 0) is 32.1 Å². The van der Waals surface area contributed by atoms with Crippen molar-refractivity contribution in [2.24, 2.45) is 0 Å². The Bertz CT molecular complexity index is 281. The predicted molar refractivity (Wildman–Crippen MR) is 70.9 cm³/mol.